The quantitative estimate of drug-likeness (QED) is 0.422. The summed E-state index contributed by atoms with van der Waals surface area (Å²) in [6.45, 7) is 6.86. The minimum atomic E-state index is -0.808. The third-order valence-electron chi connectivity index (χ3n) is 8.02. The number of benzene rings is 1. The summed E-state index contributed by atoms with van der Waals surface area (Å²) in [6.07, 6.45) is 8.88. The fourth-order valence-electron chi connectivity index (χ4n) is 5.26. The molecular formula is C33H48Cl2N4O4S. The van der Waals surface area contributed by atoms with Gasteiger partial charge in [-0.15, -0.1) is 0 Å². The van der Waals surface area contributed by atoms with Gasteiger partial charge in [0.1, 0.15) is 12.1 Å². The van der Waals surface area contributed by atoms with Gasteiger partial charge in [0.2, 0.25) is 23.6 Å². The second kappa shape index (κ2) is 17.5. The lowest BCUT2D eigenvalue weighted by atomic mass is 10.0. The lowest BCUT2D eigenvalue weighted by Crippen LogP contribution is -2.55. The van der Waals surface area contributed by atoms with Crippen LogP contribution in [0.3, 0.4) is 0 Å². The molecular weight excluding hydrogens is 619 g/mol. The molecule has 1 aromatic rings. The van der Waals surface area contributed by atoms with Crippen molar-refractivity contribution in [2.75, 3.05) is 38.7 Å². The largest absolute Gasteiger partial charge is 0.345 e. The molecule has 1 saturated carbocycles. The first-order valence-corrected chi connectivity index (χ1v) is 17.6. The van der Waals surface area contributed by atoms with Gasteiger partial charge in [-0.2, -0.15) is 11.8 Å². The van der Waals surface area contributed by atoms with E-state index >= 15 is 0 Å². The van der Waals surface area contributed by atoms with Gasteiger partial charge >= 0.3 is 0 Å². The summed E-state index contributed by atoms with van der Waals surface area (Å²) in [7, 11) is 3.24. The van der Waals surface area contributed by atoms with E-state index in [0.29, 0.717) is 40.9 Å². The Balaban J connectivity index is 0.00000124. The number of likely N-dealkylation sites (N-methyl/N-ethyl adjacent to an activating group) is 2. The highest BCUT2D eigenvalue weighted by Gasteiger charge is 2.37. The SMILES string of the molecule is CC(C)C.CN(C(=O)CC1CC1)C1C/C=C/CSCC2CCCN2C(=O)[C@H](Cc2cc(Cl)ccc2Cl)N(C)C(=O)CNC1=O. The smallest absolute Gasteiger partial charge is 0.245 e. The van der Waals surface area contributed by atoms with Crippen LogP contribution in [0.4, 0.5) is 0 Å². The van der Waals surface area contributed by atoms with Gasteiger partial charge in [-0.3, -0.25) is 19.2 Å². The van der Waals surface area contributed by atoms with E-state index in [-0.39, 0.29) is 30.8 Å². The summed E-state index contributed by atoms with van der Waals surface area (Å²) in [4.78, 5) is 58.2. The number of halogens is 2. The number of nitrogens with zero attached hydrogens (tertiary/aromatic N) is 3. The van der Waals surface area contributed by atoms with Gasteiger partial charge in [0.25, 0.3) is 0 Å². The highest BCUT2D eigenvalue weighted by molar-refractivity contribution is 7.99. The van der Waals surface area contributed by atoms with Gasteiger partial charge in [0.05, 0.1) is 6.54 Å². The van der Waals surface area contributed by atoms with Gasteiger partial charge < -0.3 is 20.0 Å². The first-order valence-electron chi connectivity index (χ1n) is 15.6. The Morgan fingerprint density at radius 2 is 1.82 bits per heavy atom. The van der Waals surface area contributed by atoms with Crippen molar-refractivity contribution >= 4 is 58.6 Å². The molecule has 2 aliphatic heterocycles. The van der Waals surface area contributed by atoms with Crippen LogP contribution >= 0.6 is 35.0 Å². The first-order chi connectivity index (χ1) is 20.9. The number of nitrogens with one attached hydrogen (secondary N) is 1. The molecule has 11 heteroatoms. The molecule has 8 nitrogen and oxygen atoms in total. The number of hydrogen-bond donors (Lipinski definition) is 1. The summed E-state index contributed by atoms with van der Waals surface area (Å²) in [5.41, 5.74) is 0.678. The van der Waals surface area contributed by atoms with E-state index in [0.717, 1.165) is 43.1 Å². The molecule has 2 unspecified atom stereocenters. The molecule has 0 bridgehead atoms. The fourth-order valence-corrected chi connectivity index (χ4v) is 6.68. The van der Waals surface area contributed by atoms with Crippen LogP contribution in [0.2, 0.25) is 10.0 Å². The van der Waals surface area contributed by atoms with Crippen molar-refractivity contribution in [3.63, 3.8) is 0 Å². The van der Waals surface area contributed by atoms with Crippen LogP contribution in [0.25, 0.3) is 0 Å². The van der Waals surface area contributed by atoms with E-state index in [9.17, 15) is 19.2 Å². The Labute approximate surface area is 277 Å². The van der Waals surface area contributed by atoms with Crippen LogP contribution in [-0.2, 0) is 25.6 Å². The Morgan fingerprint density at radius 1 is 1.11 bits per heavy atom. The molecule has 0 radical (unpaired) electrons. The molecule has 1 aromatic carbocycles. The number of hydrogen-bond acceptors (Lipinski definition) is 5. The molecule has 1 aliphatic carbocycles. The first kappa shape index (κ1) is 36.2. The van der Waals surface area contributed by atoms with Gasteiger partial charge in [0.15, 0.2) is 0 Å². The number of thioether (sulfide) groups is 1. The van der Waals surface area contributed by atoms with Crippen LogP contribution in [0, 0.1) is 11.8 Å². The van der Waals surface area contributed by atoms with Gasteiger partial charge in [0, 0.05) is 61.1 Å². The maximum Gasteiger partial charge on any atom is 0.245 e. The predicted octanol–water partition coefficient (Wildman–Crippen LogP) is 5.45. The summed E-state index contributed by atoms with van der Waals surface area (Å²) in [5.74, 6) is 1.78. The maximum absolute atomic E-state index is 14.0. The maximum atomic E-state index is 14.0. The molecule has 0 aromatic heterocycles. The molecule has 244 valence electrons. The molecule has 44 heavy (non-hydrogen) atoms. The number of carbonyl (C=O) groups excluding carboxylic acids is 4. The number of amides is 4. The lowest BCUT2D eigenvalue weighted by molar-refractivity contribution is -0.145. The third-order valence-corrected chi connectivity index (χ3v) is 9.67. The zero-order valence-electron chi connectivity index (χ0n) is 26.7. The summed E-state index contributed by atoms with van der Waals surface area (Å²) >= 11 is 14.4. The average molecular weight is 668 g/mol. The van der Waals surface area contributed by atoms with Crippen molar-refractivity contribution in [3.05, 3.63) is 46.0 Å². The highest BCUT2D eigenvalue weighted by atomic mass is 35.5. The van der Waals surface area contributed by atoms with Crippen LogP contribution in [-0.4, -0.2) is 95.1 Å². The predicted molar refractivity (Wildman–Crippen MR) is 180 cm³/mol. The van der Waals surface area contributed by atoms with Gasteiger partial charge in [-0.1, -0.05) is 56.1 Å². The molecule has 2 heterocycles. The van der Waals surface area contributed by atoms with Gasteiger partial charge in [-0.25, -0.2) is 0 Å². The standard InChI is InChI=1S/C29H38Cl2N4O4S.C4H10/c1-33(26(36)14-19-8-9-19)24-7-3-4-13-40-18-22-6-5-12-35(22)29(39)25(34(2)27(37)17-32-28(24)38)16-20-15-21(30)10-11-23(20)31;1-4(2)3/h3-4,10-11,15,19,22,24-25H,5-9,12-14,16-18H2,1-2H3,(H,32,38);4H,1-3H3/b4-3+;/t22?,24?,25-;/m0./s1. The fraction of sp³-hybridized carbons (Fsp3) is 0.636. The molecule has 3 aliphatic rings. The lowest BCUT2D eigenvalue weighted by Gasteiger charge is -2.34. The zero-order valence-corrected chi connectivity index (χ0v) is 29.0. The van der Waals surface area contributed by atoms with Gasteiger partial charge in [-0.05, 0) is 67.7 Å². The Hall–Kier alpha value is -2.23. The van der Waals surface area contributed by atoms with E-state index in [2.05, 4.69) is 26.1 Å². The number of rotatable bonds is 5. The van der Waals surface area contributed by atoms with Crippen LogP contribution in [0.15, 0.2) is 30.4 Å². The third kappa shape index (κ3) is 11.0. The Bertz CT molecular complexity index is 1190. The number of fused-ring (bicyclic) bond motifs is 1. The molecule has 3 atom stereocenters. The van der Waals surface area contributed by atoms with Crippen molar-refractivity contribution in [1.29, 1.82) is 0 Å². The normalized spacial score (nSPS) is 24.4. The topological polar surface area (TPSA) is 90.0 Å². The van der Waals surface area contributed by atoms with Crippen LogP contribution in [0.5, 0.6) is 0 Å². The molecule has 2 fully saturated rings. The summed E-state index contributed by atoms with van der Waals surface area (Å²) < 4.78 is 0. The van der Waals surface area contributed by atoms with Crippen molar-refractivity contribution < 1.29 is 19.2 Å². The van der Waals surface area contributed by atoms with Crippen molar-refractivity contribution in [3.8, 4) is 0 Å². The minimum Gasteiger partial charge on any atom is -0.345 e. The Kier molecular flexibility index (Phi) is 14.4. The zero-order chi connectivity index (χ0) is 32.4. The second-order valence-electron chi connectivity index (χ2n) is 12.7. The van der Waals surface area contributed by atoms with Crippen molar-refractivity contribution in [2.24, 2.45) is 11.8 Å². The molecule has 0 spiro atoms. The molecule has 4 rings (SSSR count). The molecule has 1 N–H and O–H groups in total. The van der Waals surface area contributed by atoms with E-state index in [1.54, 1.807) is 44.1 Å². The van der Waals surface area contributed by atoms with Crippen molar-refractivity contribution in [1.82, 2.24) is 20.0 Å². The monoisotopic (exact) mass is 666 g/mol. The molecule has 4 amide bonds. The Morgan fingerprint density at radius 3 is 2.50 bits per heavy atom. The second-order valence-corrected chi connectivity index (χ2v) is 14.6. The van der Waals surface area contributed by atoms with Crippen LogP contribution in [0.1, 0.15) is 64.9 Å². The van der Waals surface area contributed by atoms with E-state index < -0.39 is 23.9 Å². The molecule has 1 saturated heterocycles. The number of carbonyl (C=O) groups is 4. The average Bonchev–Trinajstić information content (AvgIpc) is 3.66. The van der Waals surface area contributed by atoms with E-state index in [1.165, 1.54) is 9.80 Å². The summed E-state index contributed by atoms with van der Waals surface area (Å²) in [5, 5.41) is 3.70. The summed E-state index contributed by atoms with van der Waals surface area (Å²) in [6, 6.07) is 3.65. The highest BCUT2D eigenvalue weighted by Crippen LogP contribution is 2.33. The minimum absolute atomic E-state index is 0.0614. The van der Waals surface area contributed by atoms with Crippen LogP contribution < -0.4 is 5.32 Å². The van der Waals surface area contributed by atoms with Crippen molar-refractivity contribution in [2.45, 2.75) is 83.8 Å². The van der Waals surface area contributed by atoms with E-state index in [1.807, 2.05) is 17.1 Å². The van der Waals surface area contributed by atoms with E-state index in [4.69, 9.17) is 23.2 Å².